The van der Waals surface area contributed by atoms with Gasteiger partial charge in [0.25, 0.3) is 15.7 Å². The molecule has 2 aromatic carbocycles. The van der Waals surface area contributed by atoms with Gasteiger partial charge in [-0.3, -0.25) is 14.4 Å². The highest BCUT2D eigenvalue weighted by atomic mass is 32.2. The van der Waals surface area contributed by atoms with E-state index in [0.29, 0.717) is 5.69 Å². The van der Waals surface area contributed by atoms with E-state index in [1.54, 1.807) is 0 Å². The van der Waals surface area contributed by atoms with Crippen molar-refractivity contribution in [3.63, 3.8) is 0 Å². The highest BCUT2D eigenvalue weighted by Crippen LogP contribution is 2.31. The Bertz CT molecular complexity index is 871. The molecule has 7 heteroatoms. The Morgan fingerprint density at radius 1 is 1.17 bits per heavy atom. The Balaban J connectivity index is 2.64. The lowest BCUT2D eigenvalue weighted by molar-refractivity contribution is -0.385. The fourth-order valence-electron chi connectivity index (χ4n) is 2.51. The van der Waals surface area contributed by atoms with Crippen LogP contribution in [0.3, 0.4) is 0 Å². The molecule has 0 aliphatic heterocycles. The molecule has 2 rings (SSSR count). The van der Waals surface area contributed by atoms with Gasteiger partial charge >= 0.3 is 0 Å². The first kappa shape index (κ1) is 17.7. The SMILES string of the molecule is C=CCN(c1c(C)cccc1C)S(=O)(=O)c1cccc([N+](=O)[O-])c1. The summed E-state index contributed by atoms with van der Waals surface area (Å²) >= 11 is 0. The molecule has 2 aromatic rings. The van der Waals surface area contributed by atoms with Crippen LogP contribution in [0.25, 0.3) is 0 Å². The Kier molecular flexibility index (Phi) is 5.04. The molecule has 0 aliphatic rings. The molecule has 0 saturated heterocycles. The summed E-state index contributed by atoms with van der Waals surface area (Å²) < 4.78 is 27.3. The van der Waals surface area contributed by atoms with E-state index < -0.39 is 14.9 Å². The van der Waals surface area contributed by atoms with Gasteiger partial charge in [0.2, 0.25) is 0 Å². The predicted molar refractivity (Wildman–Crippen MR) is 93.7 cm³/mol. The number of nitro benzene ring substituents is 1. The van der Waals surface area contributed by atoms with Gasteiger partial charge in [0.15, 0.2) is 0 Å². The van der Waals surface area contributed by atoms with Gasteiger partial charge in [0, 0.05) is 12.1 Å². The summed E-state index contributed by atoms with van der Waals surface area (Å²) in [6, 6.07) is 10.5. The first-order valence-electron chi connectivity index (χ1n) is 7.23. The third kappa shape index (κ3) is 3.30. The average molecular weight is 346 g/mol. The van der Waals surface area contributed by atoms with Gasteiger partial charge in [0.05, 0.1) is 22.1 Å². The summed E-state index contributed by atoms with van der Waals surface area (Å²) in [5.74, 6) is 0. The van der Waals surface area contributed by atoms with Gasteiger partial charge in [-0.2, -0.15) is 0 Å². The monoisotopic (exact) mass is 346 g/mol. The van der Waals surface area contributed by atoms with Gasteiger partial charge in [-0.05, 0) is 31.0 Å². The van der Waals surface area contributed by atoms with Crippen molar-refractivity contribution in [2.24, 2.45) is 0 Å². The summed E-state index contributed by atoms with van der Waals surface area (Å²) in [5.41, 5.74) is 1.89. The number of nitro groups is 1. The lowest BCUT2D eigenvalue weighted by Crippen LogP contribution is -2.32. The van der Waals surface area contributed by atoms with Gasteiger partial charge in [-0.25, -0.2) is 8.42 Å². The Hall–Kier alpha value is -2.67. The number of benzene rings is 2. The van der Waals surface area contributed by atoms with Crippen LogP contribution < -0.4 is 4.31 Å². The zero-order valence-corrected chi connectivity index (χ0v) is 14.3. The number of hydrogen-bond donors (Lipinski definition) is 0. The predicted octanol–water partition coefficient (Wildman–Crippen LogP) is 3.59. The van der Waals surface area contributed by atoms with Gasteiger partial charge in [-0.15, -0.1) is 6.58 Å². The molecule has 0 unspecified atom stereocenters. The Morgan fingerprint density at radius 3 is 2.29 bits per heavy atom. The zero-order chi connectivity index (χ0) is 17.9. The molecule has 6 nitrogen and oxygen atoms in total. The van der Waals surface area contributed by atoms with Crippen molar-refractivity contribution in [2.45, 2.75) is 18.7 Å². The molecule has 0 atom stereocenters. The molecule has 0 fully saturated rings. The van der Waals surface area contributed by atoms with Crippen LogP contribution in [0, 0.1) is 24.0 Å². The second-order valence-corrected chi connectivity index (χ2v) is 7.18. The summed E-state index contributed by atoms with van der Waals surface area (Å²) in [7, 11) is -3.96. The Morgan fingerprint density at radius 2 is 1.75 bits per heavy atom. The molecule has 0 heterocycles. The van der Waals surface area contributed by atoms with Gasteiger partial charge < -0.3 is 0 Å². The van der Waals surface area contributed by atoms with Crippen LogP contribution in [0.15, 0.2) is 60.0 Å². The number of anilines is 1. The molecule has 126 valence electrons. The highest BCUT2D eigenvalue weighted by molar-refractivity contribution is 7.92. The maximum Gasteiger partial charge on any atom is 0.270 e. The van der Waals surface area contributed by atoms with E-state index >= 15 is 0 Å². The molecule has 24 heavy (non-hydrogen) atoms. The molecule has 0 aromatic heterocycles. The van der Waals surface area contributed by atoms with E-state index in [0.717, 1.165) is 17.2 Å². The fourth-order valence-corrected chi connectivity index (χ4v) is 4.12. The summed E-state index contributed by atoms with van der Waals surface area (Å²) in [6.07, 6.45) is 1.49. The van der Waals surface area contributed by atoms with Crippen molar-refractivity contribution in [2.75, 3.05) is 10.8 Å². The van der Waals surface area contributed by atoms with Crippen molar-refractivity contribution in [3.05, 3.63) is 76.4 Å². The first-order valence-corrected chi connectivity index (χ1v) is 8.67. The van der Waals surface area contributed by atoms with Crippen LogP contribution >= 0.6 is 0 Å². The summed E-state index contributed by atoms with van der Waals surface area (Å²) in [6.45, 7) is 7.33. The molecule has 0 spiro atoms. The quantitative estimate of drug-likeness (QED) is 0.455. The minimum absolute atomic E-state index is 0.0662. The van der Waals surface area contributed by atoms with Gasteiger partial charge in [-0.1, -0.05) is 30.3 Å². The van der Waals surface area contributed by atoms with Crippen molar-refractivity contribution in [1.29, 1.82) is 0 Å². The number of hydrogen-bond acceptors (Lipinski definition) is 4. The molecular weight excluding hydrogens is 328 g/mol. The number of para-hydroxylation sites is 1. The standard InChI is InChI=1S/C17H18N2O4S/c1-4-11-18(17-13(2)7-5-8-14(17)3)24(22,23)16-10-6-9-15(12-16)19(20)21/h4-10,12H,1,11H2,2-3H3. The average Bonchev–Trinajstić information content (AvgIpc) is 2.54. The second-order valence-electron chi connectivity index (χ2n) is 5.32. The molecule has 0 N–H and O–H groups in total. The zero-order valence-electron chi connectivity index (χ0n) is 13.5. The van der Waals surface area contributed by atoms with Crippen molar-refractivity contribution >= 4 is 21.4 Å². The topological polar surface area (TPSA) is 80.5 Å². The highest BCUT2D eigenvalue weighted by Gasteiger charge is 2.27. The number of sulfonamides is 1. The molecule has 0 saturated carbocycles. The summed E-state index contributed by atoms with van der Waals surface area (Å²) in [5, 5.41) is 10.9. The fraction of sp³-hybridized carbons (Fsp3) is 0.176. The van der Waals surface area contributed by atoms with Crippen LogP contribution in [-0.2, 0) is 10.0 Å². The lowest BCUT2D eigenvalue weighted by atomic mass is 10.1. The van der Waals surface area contributed by atoms with Crippen molar-refractivity contribution < 1.29 is 13.3 Å². The van der Waals surface area contributed by atoms with E-state index in [1.165, 1.54) is 28.6 Å². The van der Waals surface area contributed by atoms with Crippen LogP contribution in [0.4, 0.5) is 11.4 Å². The normalized spacial score (nSPS) is 11.1. The van der Waals surface area contributed by atoms with E-state index in [9.17, 15) is 18.5 Å². The molecular formula is C17H18N2O4S. The molecule has 0 amide bonds. The van der Waals surface area contributed by atoms with Crippen LogP contribution in [-0.4, -0.2) is 19.9 Å². The Labute approximate surface area is 141 Å². The van der Waals surface area contributed by atoms with E-state index in [4.69, 9.17) is 0 Å². The van der Waals surface area contributed by atoms with Crippen LogP contribution in [0.2, 0.25) is 0 Å². The minimum atomic E-state index is -3.96. The van der Waals surface area contributed by atoms with Crippen molar-refractivity contribution in [1.82, 2.24) is 0 Å². The van der Waals surface area contributed by atoms with E-state index in [-0.39, 0.29) is 17.1 Å². The van der Waals surface area contributed by atoms with E-state index in [1.807, 2.05) is 32.0 Å². The number of rotatable bonds is 6. The van der Waals surface area contributed by atoms with Gasteiger partial charge in [0.1, 0.15) is 0 Å². The van der Waals surface area contributed by atoms with E-state index in [2.05, 4.69) is 6.58 Å². The largest absolute Gasteiger partial charge is 0.270 e. The van der Waals surface area contributed by atoms with Crippen LogP contribution in [0.5, 0.6) is 0 Å². The molecule has 0 aliphatic carbocycles. The minimum Gasteiger partial charge on any atom is -0.262 e. The first-order chi connectivity index (χ1) is 11.3. The smallest absolute Gasteiger partial charge is 0.262 e. The second kappa shape index (κ2) is 6.84. The van der Waals surface area contributed by atoms with Crippen molar-refractivity contribution in [3.8, 4) is 0 Å². The third-order valence-electron chi connectivity index (χ3n) is 3.60. The lowest BCUT2D eigenvalue weighted by Gasteiger charge is -2.26. The maximum absolute atomic E-state index is 13.1. The van der Waals surface area contributed by atoms with Crippen LogP contribution in [0.1, 0.15) is 11.1 Å². The number of non-ortho nitro benzene ring substituents is 1. The number of nitrogens with zero attached hydrogens (tertiary/aromatic N) is 2. The molecule has 0 radical (unpaired) electrons. The number of aryl methyl sites for hydroxylation is 2. The molecule has 0 bridgehead atoms. The third-order valence-corrected chi connectivity index (χ3v) is 5.36. The summed E-state index contributed by atoms with van der Waals surface area (Å²) in [4.78, 5) is 10.2. The maximum atomic E-state index is 13.1.